The van der Waals surface area contributed by atoms with Gasteiger partial charge in [0.25, 0.3) is 0 Å². The molecule has 0 radical (unpaired) electrons. The first-order valence-electron chi connectivity index (χ1n) is 13.3. The average Bonchev–Trinajstić information content (AvgIpc) is 2.94. The lowest BCUT2D eigenvalue weighted by Gasteiger charge is -2.57. The summed E-state index contributed by atoms with van der Waals surface area (Å²) in [4.78, 5) is 14.6. The Morgan fingerprint density at radius 1 is 0.737 bits per heavy atom. The van der Waals surface area contributed by atoms with Crippen LogP contribution in [-0.2, 0) is 15.7 Å². The van der Waals surface area contributed by atoms with Gasteiger partial charge in [-0.05, 0) is 80.5 Å². The van der Waals surface area contributed by atoms with E-state index in [0.29, 0.717) is 23.5 Å². The predicted molar refractivity (Wildman–Crippen MR) is 147 cm³/mol. The maximum absolute atomic E-state index is 11.1. The number of carboxylic acid groups (broad SMARTS) is 1. The van der Waals surface area contributed by atoms with Gasteiger partial charge >= 0.3 is 0 Å². The molecule has 3 aromatic rings. The standard InChI is InChI=1S/C21H21O3S.C11H16O2/c1-22-16-14-19(23-2)21(20(15-16)24-3)25(17-10-6-4-7-11-17)18-12-8-5-9-13-18;12-10(13)11-4-7-1-8(5-11)3-9(2-7)6-11/h4-15H,1-3H3;7-9H,1-6H2,(H,12,13)/q+1;/p-1. The van der Waals surface area contributed by atoms with Gasteiger partial charge in [0.15, 0.2) is 21.3 Å². The number of rotatable bonds is 7. The summed E-state index contributed by atoms with van der Waals surface area (Å²) in [7, 11) is 4.64. The molecule has 0 heterocycles. The number of ether oxygens (including phenoxy) is 3. The van der Waals surface area contributed by atoms with E-state index in [1.807, 2.05) is 24.3 Å². The molecule has 4 saturated carbocycles. The Morgan fingerprint density at radius 2 is 1.16 bits per heavy atom. The van der Waals surface area contributed by atoms with Gasteiger partial charge in [0, 0.05) is 23.5 Å². The van der Waals surface area contributed by atoms with E-state index in [1.54, 1.807) is 21.3 Å². The molecule has 0 aromatic heterocycles. The Labute approximate surface area is 228 Å². The second kappa shape index (κ2) is 11.3. The van der Waals surface area contributed by atoms with Crippen LogP contribution in [0.2, 0.25) is 0 Å². The third kappa shape index (κ3) is 5.24. The lowest BCUT2D eigenvalue weighted by Crippen LogP contribution is -2.54. The molecule has 6 heteroatoms. The van der Waals surface area contributed by atoms with Gasteiger partial charge in [-0.25, -0.2) is 0 Å². The van der Waals surface area contributed by atoms with Gasteiger partial charge in [-0.15, -0.1) is 0 Å². The fraction of sp³-hybridized carbons (Fsp3) is 0.406. The molecule has 38 heavy (non-hydrogen) atoms. The van der Waals surface area contributed by atoms with E-state index in [4.69, 9.17) is 14.2 Å². The number of benzene rings is 3. The van der Waals surface area contributed by atoms with Crippen LogP contribution < -0.4 is 19.3 Å². The lowest BCUT2D eigenvalue weighted by atomic mass is 9.49. The average molecular weight is 533 g/mol. The SMILES string of the molecule is COc1cc(OC)c([S+](c2ccccc2)c2ccccc2)c(OC)c1.O=C([O-])C12CC3CC(CC(C3)C1)C2. The summed E-state index contributed by atoms with van der Waals surface area (Å²) < 4.78 is 16.8. The van der Waals surface area contributed by atoms with Gasteiger partial charge < -0.3 is 24.1 Å². The molecule has 0 amide bonds. The van der Waals surface area contributed by atoms with Crippen LogP contribution in [0.3, 0.4) is 0 Å². The number of carboxylic acids is 1. The van der Waals surface area contributed by atoms with Crippen molar-refractivity contribution in [3.8, 4) is 17.2 Å². The molecule has 4 aliphatic carbocycles. The first kappa shape index (κ1) is 26.5. The Morgan fingerprint density at radius 3 is 1.50 bits per heavy atom. The van der Waals surface area contributed by atoms with Crippen LogP contribution in [0.4, 0.5) is 0 Å². The zero-order valence-corrected chi connectivity index (χ0v) is 23.2. The highest BCUT2D eigenvalue weighted by Gasteiger charge is 2.51. The normalized spacial score (nSPS) is 24.9. The molecule has 0 unspecified atom stereocenters. The Bertz CT molecular complexity index is 1140. The molecule has 7 rings (SSSR count). The molecule has 200 valence electrons. The van der Waals surface area contributed by atoms with E-state index in [-0.39, 0.29) is 10.9 Å². The molecule has 4 bridgehead atoms. The summed E-state index contributed by atoms with van der Waals surface area (Å²) in [6, 6.07) is 24.6. The van der Waals surface area contributed by atoms with E-state index in [2.05, 4.69) is 48.5 Å². The highest BCUT2D eigenvalue weighted by atomic mass is 32.2. The summed E-state index contributed by atoms with van der Waals surface area (Å²) in [6.45, 7) is 0. The summed E-state index contributed by atoms with van der Waals surface area (Å²) in [5.41, 5.74) is -0.394. The van der Waals surface area contributed by atoms with Crippen molar-refractivity contribution in [2.24, 2.45) is 23.2 Å². The third-order valence-electron chi connectivity index (χ3n) is 8.30. The van der Waals surface area contributed by atoms with Crippen molar-refractivity contribution in [3.05, 3.63) is 72.8 Å². The Hall–Kier alpha value is -3.12. The molecule has 5 nitrogen and oxygen atoms in total. The van der Waals surface area contributed by atoms with Crippen molar-refractivity contribution in [2.75, 3.05) is 21.3 Å². The van der Waals surface area contributed by atoms with Gasteiger partial charge in [0.05, 0.1) is 21.3 Å². The summed E-state index contributed by atoms with van der Waals surface area (Å²) in [6.07, 6.45) is 6.65. The van der Waals surface area contributed by atoms with Crippen LogP contribution in [0.5, 0.6) is 17.2 Å². The number of aliphatic carboxylic acids is 1. The minimum absolute atomic E-state index is 0.353. The zero-order valence-electron chi connectivity index (χ0n) is 22.4. The summed E-state index contributed by atoms with van der Waals surface area (Å²) in [5, 5.41) is 11.1. The van der Waals surface area contributed by atoms with Gasteiger partial charge in [0.1, 0.15) is 16.6 Å². The van der Waals surface area contributed by atoms with E-state index >= 15 is 0 Å². The number of hydrogen-bond donors (Lipinski definition) is 0. The van der Waals surface area contributed by atoms with Gasteiger partial charge in [-0.2, -0.15) is 0 Å². The lowest BCUT2D eigenvalue weighted by molar-refractivity contribution is -0.327. The minimum Gasteiger partial charge on any atom is -0.550 e. The molecule has 0 N–H and O–H groups in total. The smallest absolute Gasteiger partial charge is 0.250 e. The largest absolute Gasteiger partial charge is 0.550 e. The second-order valence-electron chi connectivity index (χ2n) is 10.8. The van der Waals surface area contributed by atoms with E-state index in [1.165, 1.54) is 29.1 Å². The highest BCUT2D eigenvalue weighted by Crippen LogP contribution is 2.59. The summed E-state index contributed by atoms with van der Waals surface area (Å²) >= 11 is 0. The fourth-order valence-electron chi connectivity index (χ4n) is 7.02. The van der Waals surface area contributed by atoms with Gasteiger partial charge in [0.2, 0.25) is 4.90 Å². The van der Waals surface area contributed by atoms with Crippen LogP contribution in [0.15, 0.2) is 87.5 Å². The second-order valence-corrected chi connectivity index (χ2v) is 12.7. The van der Waals surface area contributed by atoms with Crippen LogP contribution in [-0.4, -0.2) is 27.3 Å². The van der Waals surface area contributed by atoms with Crippen molar-refractivity contribution in [1.82, 2.24) is 0 Å². The van der Waals surface area contributed by atoms with E-state index in [0.717, 1.165) is 35.7 Å². The predicted octanol–water partition coefficient (Wildman–Crippen LogP) is 5.76. The summed E-state index contributed by atoms with van der Waals surface area (Å²) in [5.74, 6) is 3.60. The highest BCUT2D eigenvalue weighted by molar-refractivity contribution is 7.97. The van der Waals surface area contributed by atoms with Crippen molar-refractivity contribution in [1.29, 1.82) is 0 Å². The van der Waals surface area contributed by atoms with Crippen molar-refractivity contribution in [3.63, 3.8) is 0 Å². The number of carbonyl (C=O) groups excluding carboxylic acids is 1. The molecule has 0 aliphatic heterocycles. The molecular formula is C32H36O5S. The Kier molecular flexibility index (Phi) is 7.89. The molecular weight excluding hydrogens is 496 g/mol. The Balaban J connectivity index is 0.000000187. The first-order valence-corrected chi connectivity index (χ1v) is 14.5. The minimum atomic E-state index is -0.758. The van der Waals surface area contributed by atoms with Crippen LogP contribution in [0, 0.1) is 23.2 Å². The maximum atomic E-state index is 11.1. The fourth-order valence-corrected chi connectivity index (χ4v) is 9.31. The third-order valence-corrected chi connectivity index (χ3v) is 10.6. The van der Waals surface area contributed by atoms with Crippen LogP contribution >= 0.6 is 0 Å². The monoisotopic (exact) mass is 532 g/mol. The van der Waals surface area contributed by atoms with E-state index < -0.39 is 11.4 Å². The van der Waals surface area contributed by atoms with E-state index in [9.17, 15) is 9.90 Å². The van der Waals surface area contributed by atoms with Gasteiger partial charge in [-0.1, -0.05) is 36.4 Å². The molecule has 4 fully saturated rings. The molecule has 3 aromatic carbocycles. The molecule has 4 aliphatic rings. The molecule has 0 saturated heterocycles. The van der Waals surface area contributed by atoms with Crippen molar-refractivity contribution in [2.45, 2.75) is 53.2 Å². The van der Waals surface area contributed by atoms with Crippen molar-refractivity contribution < 1.29 is 24.1 Å². The van der Waals surface area contributed by atoms with Crippen molar-refractivity contribution >= 4 is 16.9 Å². The number of carbonyl (C=O) groups is 1. The van der Waals surface area contributed by atoms with Crippen LogP contribution in [0.25, 0.3) is 0 Å². The van der Waals surface area contributed by atoms with Crippen LogP contribution in [0.1, 0.15) is 38.5 Å². The quantitative estimate of drug-likeness (QED) is 0.362. The topological polar surface area (TPSA) is 67.8 Å². The first-order chi connectivity index (χ1) is 18.5. The maximum Gasteiger partial charge on any atom is 0.250 e. The molecule has 0 spiro atoms. The zero-order chi connectivity index (χ0) is 26.7. The van der Waals surface area contributed by atoms with Gasteiger partial charge in [-0.3, -0.25) is 0 Å². The molecule has 0 atom stereocenters. The number of methoxy groups -OCH3 is 3. The number of hydrogen-bond acceptors (Lipinski definition) is 5.